The monoisotopic (exact) mass is 1430 g/mol. The molecule has 0 aromatic heterocycles. The Labute approximate surface area is 535 Å². The highest BCUT2D eigenvalue weighted by molar-refractivity contribution is 7.49. The summed E-state index contributed by atoms with van der Waals surface area (Å²) in [5.41, 5.74) is 0. The summed E-state index contributed by atoms with van der Waals surface area (Å²) in [6, 6.07) is 0. The van der Waals surface area contributed by atoms with E-state index in [9.17, 15) is 63.6 Å². The molecule has 0 unspecified atom stereocenters. The molecule has 1 fully saturated rings. The minimum absolute atomic E-state index is 0.0415. The van der Waals surface area contributed by atoms with Gasteiger partial charge in [0.2, 0.25) is 54.3 Å². The minimum Gasteiger partial charge on any atom is -0.453 e. The maximum absolute atomic E-state index is 15.7. The summed E-state index contributed by atoms with van der Waals surface area (Å²) in [7, 11) is -26.4. The van der Waals surface area contributed by atoms with Crippen molar-refractivity contribution in [1.82, 2.24) is 0 Å². The third-order valence-electron chi connectivity index (χ3n) is 11.7. The van der Waals surface area contributed by atoms with Crippen LogP contribution >= 0.6 is 31.3 Å². The molecule has 0 aliphatic heterocycles. The number of aliphatic hydroxyl groups is 4. The average molecular weight is 1440 g/mol. The van der Waals surface area contributed by atoms with E-state index in [-0.39, 0.29) is 12.8 Å². The normalized spacial score (nSPS) is 20.8. The van der Waals surface area contributed by atoms with E-state index in [0.29, 0.717) is 25.7 Å². The molecule has 1 aliphatic carbocycles. The molecule has 0 saturated heterocycles. The van der Waals surface area contributed by atoms with Crippen LogP contribution in [-0.4, -0.2) is 170 Å². The highest BCUT2D eigenvalue weighted by atomic mass is 31.2. The van der Waals surface area contributed by atoms with Crippen LogP contribution in [0.5, 0.6) is 0 Å². The first-order valence-electron chi connectivity index (χ1n) is 29.1. The van der Waals surface area contributed by atoms with Gasteiger partial charge in [0, 0.05) is 57.8 Å². The number of hydrogen-bond donors (Lipinski definition) is 4. The molecule has 4 N–H and O–H groups in total. The highest BCUT2D eigenvalue weighted by Gasteiger charge is 2.90. The summed E-state index contributed by atoms with van der Waals surface area (Å²) >= 11 is 0. The van der Waals surface area contributed by atoms with E-state index in [4.69, 9.17) is 102 Å². The van der Waals surface area contributed by atoms with Gasteiger partial charge in [0.15, 0.2) is 12.2 Å². The van der Waals surface area contributed by atoms with E-state index >= 15 is 18.3 Å². The molecule has 93 heavy (non-hydrogen) atoms. The number of rotatable bonds is 51. The Morgan fingerprint density at radius 3 is 0.903 bits per heavy atom. The molecule has 39 nitrogen and oxygen atoms in total. The summed E-state index contributed by atoms with van der Waals surface area (Å²) in [6.07, 6.45) is -10.7. The van der Waals surface area contributed by atoms with Gasteiger partial charge in [-0.25, -0.2) is 72.5 Å². The predicted octanol–water partition coefficient (Wildman–Crippen LogP) is 6.13. The van der Waals surface area contributed by atoms with Crippen LogP contribution in [-0.2, 0) is 163 Å². The lowest BCUT2D eigenvalue weighted by Gasteiger charge is -2.62. The Kier molecular flexibility index (Phi) is 39.9. The van der Waals surface area contributed by atoms with Gasteiger partial charge < -0.3 is 67.8 Å². The average Bonchev–Trinajstić information content (AvgIpc) is 0.667. The zero-order valence-corrected chi connectivity index (χ0v) is 56.8. The Morgan fingerprint density at radius 1 is 0.344 bits per heavy atom. The molecule has 0 radical (unpaired) electrons. The quantitative estimate of drug-likeness (QED) is 0.0175. The molecule has 1 rings (SSSR count). The molecule has 0 spiro atoms. The van der Waals surface area contributed by atoms with Crippen molar-refractivity contribution in [3.8, 4) is 0 Å². The fourth-order valence-electron chi connectivity index (χ4n) is 6.72. The summed E-state index contributed by atoms with van der Waals surface area (Å²) < 4.78 is 177. The third kappa shape index (κ3) is 27.9. The summed E-state index contributed by atoms with van der Waals surface area (Å²) in [5.74, 6) is -32.5. The van der Waals surface area contributed by atoms with Crippen LogP contribution in [0.2, 0.25) is 0 Å². The highest BCUT2D eigenvalue weighted by Crippen LogP contribution is 2.71. The number of unbranched alkanes of at least 4 members (excludes halogenated alkanes) is 5. The van der Waals surface area contributed by atoms with E-state index in [1.807, 2.05) is 6.92 Å². The number of ether oxygens (including phenoxy) is 10. The van der Waals surface area contributed by atoms with E-state index in [1.165, 1.54) is 62.3 Å². The predicted molar refractivity (Wildman–Crippen MR) is 301 cm³/mol. The van der Waals surface area contributed by atoms with Gasteiger partial charge in [-0.1, -0.05) is 101 Å². The first-order chi connectivity index (χ1) is 43.8. The number of phosphoric ester groups is 4. The zero-order valence-electron chi connectivity index (χ0n) is 53.2. The maximum atomic E-state index is 15.7. The van der Waals surface area contributed by atoms with Crippen LogP contribution in [0.1, 0.15) is 172 Å². The van der Waals surface area contributed by atoms with Gasteiger partial charge in [0.1, 0.15) is 0 Å². The van der Waals surface area contributed by atoms with Crippen molar-refractivity contribution in [2.75, 3.05) is 61.0 Å². The molecular weight excluding hydrogens is 1350 g/mol. The molecule has 0 heterocycles. The lowest BCUT2D eigenvalue weighted by Crippen LogP contribution is -2.90. The number of carbonyl (C=O) groups excluding carboxylic acids is 9. The molecule has 1 aliphatic rings. The maximum Gasteiger partial charge on any atom is 0.483 e. The van der Waals surface area contributed by atoms with E-state index in [2.05, 4.69) is 0 Å². The molecule has 0 amide bonds. The zero-order chi connectivity index (χ0) is 70.6. The Bertz CT molecular complexity index is 2480. The van der Waals surface area contributed by atoms with Gasteiger partial charge >= 0.3 is 85.0 Å². The molecule has 43 heteroatoms. The summed E-state index contributed by atoms with van der Waals surface area (Å²) in [6.45, 7) is -1.41. The molecule has 1 saturated carbocycles. The molecule has 0 aromatic carbocycles. The van der Waals surface area contributed by atoms with Crippen LogP contribution < -0.4 is 0 Å². The molecule has 0 bridgehead atoms. The minimum atomic E-state index is -6.72. The standard InChI is InChI=1S/C50H86O39P4/c1-11-21-22-23-24-25-27-76-48(87-91(65,79-30-70-38(53)15-5)80-31-71-39(54)16-6)46(85-44(59)26-12-2)45(60)47(61,86-90(64,77-28-68-36(51)13-3)78-29-69-37(52)14-4)49(62,88-92(66,81-32-72-40(55)17-7)82-33-73-41(56)18-8)50(48,63)89-93(67,83-34-74-42(57)19-9)84-35-75-43(58)20-10/h45-46,60-63H,11-35H2,1-10H3/t45-,46+,47-,48-,49+,50+/m1/s1. The van der Waals surface area contributed by atoms with Crippen molar-refractivity contribution < 1.29 is 183 Å². The van der Waals surface area contributed by atoms with Gasteiger partial charge in [-0.15, -0.1) is 0 Å². The van der Waals surface area contributed by atoms with E-state index in [1.54, 1.807) is 0 Å². The first kappa shape index (κ1) is 86.5. The Morgan fingerprint density at radius 2 is 0.613 bits per heavy atom. The number of phosphoric acid groups is 4. The molecule has 0 aromatic rings. The largest absolute Gasteiger partial charge is 0.483 e. The number of esters is 9. The fraction of sp³-hybridized carbons (Fsp3) is 0.820. The van der Waals surface area contributed by atoms with Crippen LogP contribution in [0.15, 0.2) is 0 Å². The first-order valence-corrected chi connectivity index (χ1v) is 34.9. The second-order valence-electron chi connectivity index (χ2n) is 18.5. The van der Waals surface area contributed by atoms with Gasteiger partial charge in [0.05, 0.1) is 6.61 Å². The van der Waals surface area contributed by atoms with Crippen molar-refractivity contribution in [3.05, 3.63) is 0 Å². The van der Waals surface area contributed by atoms with Crippen molar-refractivity contribution in [2.24, 2.45) is 0 Å². The second kappa shape index (κ2) is 42.9. The molecule has 6 atom stereocenters. The number of carbonyl (C=O) groups is 9. The smallest absolute Gasteiger partial charge is 0.453 e. The van der Waals surface area contributed by atoms with Crippen LogP contribution in [0.4, 0.5) is 0 Å². The van der Waals surface area contributed by atoms with E-state index in [0.717, 1.165) is 0 Å². The lowest BCUT2D eigenvalue weighted by molar-refractivity contribution is -0.541. The van der Waals surface area contributed by atoms with Gasteiger partial charge in [0.25, 0.3) is 23.1 Å². The van der Waals surface area contributed by atoms with Gasteiger partial charge in [-0.2, -0.15) is 0 Å². The van der Waals surface area contributed by atoms with Crippen LogP contribution in [0.3, 0.4) is 0 Å². The van der Waals surface area contributed by atoms with Crippen LogP contribution in [0.25, 0.3) is 0 Å². The summed E-state index contributed by atoms with van der Waals surface area (Å²) in [4.78, 5) is 114. The molecule has 540 valence electrons. The topological polar surface area (TPSA) is 506 Å². The SMILES string of the molecule is CCCCCCCCO[C@@]1(OP(=O)(OCOC(=O)CC)OCOC(=O)CC)[C@@H](OC(=O)CCC)[C@@H](O)[C@@](O)(OP(=O)(OCOC(=O)CC)OCOC(=O)CC)[C@](O)(OP(=O)(OCOC(=O)CC)OCOC(=O)CC)[C@@]1(O)OP(=O)(OCOC(=O)CC)OCOC(=O)CC. The van der Waals surface area contributed by atoms with Crippen molar-refractivity contribution in [3.63, 3.8) is 0 Å². The van der Waals surface area contributed by atoms with Gasteiger partial charge in [-0.05, 0) is 12.8 Å². The third-order valence-corrected chi connectivity index (χ3v) is 17.1. The van der Waals surface area contributed by atoms with Crippen molar-refractivity contribution >= 4 is 85.0 Å². The molecular formula is C50H86O39P4. The fourth-order valence-corrected chi connectivity index (χ4v) is 11.2. The van der Waals surface area contributed by atoms with Crippen LogP contribution in [0, 0.1) is 0 Å². The summed E-state index contributed by atoms with van der Waals surface area (Å²) in [5, 5.41) is 55.1. The Balaban J connectivity index is 5.55. The van der Waals surface area contributed by atoms with Crippen molar-refractivity contribution in [1.29, 1.82) is 0 Å². The van der Waals surface area contributed by atoms with Crippen molar-refractivity contribution in [2.45, 2.75) is 207 Å². The number of hydrogen-bond acceptors (Lipinski definition) is 39. The number of aliphatic hydroxyl groups excluding tert-OH is 1. The van der Waals surface area contributed by atoms with E-state index < -0.39 is 246 Å². The van der Waals surface area contributed by atoms with Gasteiger partial charge in [-0.3, -0.25) is 43.2 Å². The Hall–Kier alpha value is -4.53. The second-order valence-corrected chi connectivity index (χ2v) is 24.8. The lowest BCUT2D eigenvalue weighted by atomic mass is 9.74.